The number of rotatable bonds is 9. The van der Waals surface area contributed by atoms with Gasteiger partial charge in [0, 0.05) is 16.7 Å². The van der Waals surface area contributed by atoms with Crippen molar-refractivity contribution in [2.24, 2.45) is 0 Å². The van der Waals surface area contributed by atoms with Crippen molar-refractivity contribution in [1.29, 1.82) is 0 Å². The van der Waals surface area contributed by atoms with Gasteiger partial charge >= 0.3 is 0 Å². The van der Waals surface area contributed by atoms with Crippen LogP contribution in [0.4, 0.5) is 0 Å². The predicted molar refractivity (Wildman–Crippen MR) is 251 cm³/mol. The van der Waals surface area contributed by atoms with Gasteiger partial charge in [0.05, 0.1) is 11.4 Å². The second kappa shape index (κ2) is 16.5. The largest absolute Gasteiger partial charge is 0.228 e. The Labute approximate surface area is 351 Å². The summed E-state index contributed by atoms with van der Waals surface area (Å²) in [4.78, 5) is 10.6. The fourth-order valence-electron chi connectivity index (χ4n) is 7.93. The Morgan fingerprint density at radius 2 is 0.417 bits per heavy atom. The molecular weight excluding hydrogens is 725 g/mol. The molecule has 0 saturated carbocycles. The Morgan fingerprint density at radius 1 is 0.167 bits per heavy atom. The van der Waals surface area contributed by atoms with Gasteiger partial charge in [-0.3, -0.25) is 0 Å². The monoisotopic (exact) mass is 764 g/mol. The van der Waals surface area contributed by atoms with Gasteiger partial charge < -0.3 is 0 Å². The molecule has 0 aliphatic carbocycles. The van der Waals surface area contributed by atoms with Gasteiger partial charge in [0.15, 0.2) is 5.82 Å². The molecule has 9 aromatic carbocycles. The Balaban J connectivity index is 1.05. The van der Waals surface area contributed by atoms with E-state index in [9.17, 15) is 0 Å². The Morgan fingerprint density at radius 3 is 0.817 bits per heavy atom. The minimum Gasteiger partial charge on any atom is -0.228 e. The van der Waals surface area contributed by atoms with Crippen molar-refractivity contribution in [3.8, 4) is 101 Å². The topological polar surface area (TPSA) is 25.8 Å². The van der Waals surface area contributed by atoms with Gasteiger partial charge in [-0.1, -0.05) is 206 Å². The third kappa shape index (κ3) is 7.83. The van der Waals surface area contributed by atoms with Crippen LogP contribution in [0.15, 0.2) is 243 Å². The van der Waals surface area contributed by atoms with Crippen LogP contribution in [0.5, 0.6) is 0 Å². The van der Waals surface area contributed by atoms with Crippen molar-refractivity contribution in [2.45, 2.75) is 0 Å². The average Bonchev–Trinajstić information content (AvgIpc) is 3.35. The molecule has 0 bridgehead atoms. The van der Waals surface area contributed by atoms with Crippen LogP contribution in [0.3, 0.4) is 0 Å². The molecule has 2 nitrogen and oxygen atoms in total. The zero-order valence-electron chi connectivity index (χ0n) is 33.0. The first-order chi connectivity index (χ1) is 29.7. The highest BCUT2D eigenvalue weighted by Gasteiger charge is 2.14. The predicted octanol–water partition coefficient (Wildman–Crippen LogP) is 15.5. The third-order valence-corrected chi connectivity index (χ3v) is 11.1. The lowest BCUT2D eigenvalue weighted by atomic mass is 9.96. The first kappa shape index (κ1) is 36.4. The molecule has 0 spiro atoms. The highest BCUT2D eigenvalue weighted by Crippen LogP contribution is 2.35. The molecule has 0 aliphatic heterocycles. The average molecular weight is 765 g/mol. The van der Waals surface area contributed by atoms with Crippen molar-refractivity contribution in [1.82, 2.24) is 9.97 Å². The Bertz CT molecular complexity index is 2920. The molecule has 0 radical (unpaired) electrons. The Hall–Kier alpha value is -7.94. The summed E-state index contributed by atoms with van der Waals surface area (Å²) in [5.74, 6) is 0.680. The van der Waals surface area contributed by atoms with Crippen LogP contribution < -0.4 is 0 Å². The summed E-state index contributed by atoms with van der Waals surface area (Å²) in [5, 5.41) is 0. The van der Waals surface area contributed by atoms with Crippen molar-refractivity contribution < 1.29 is 0 Å². The molecule has 60 heavy (non-hydrogen) atoms. The summed E-state index contributed by atoms with van der Waals surface area (Å²) in [6.45, 7) is 0. The summed E-state index contributed by atoms with van der Waals surface area (Å²) in [6, 6.07) is 86.0. The van der Waals surface area contributed by atoms with E-state index in [4.69, 9.17) is 9.97 Å². The molecular formula is C58H40N2. The molecule has 1 aromatic heterocycles. The van der Waals surface area contributed by atoms with Gasteiger partial charge in [0.2, 0.25) is 0 Å². The van der Waals surface area contributed by atoms with Gasteiger partial charge in [-0.15, -0.1) is 0 Å². The standard InChI is InChI=1S/C58H40N2/c1-4-15-41(16-5-1)46-21-10-24-49(35-46)44-31-33-45(34-32-44)56-40-57(54-29-13-27-52(38-54)50-25-11-22-47(36-50)42-17-6-2-7-18-42)60-58(59-56)55-30-14-28-53(39-55)51-26-12-23-48(37-51)43-19-8-3-9-20-43/h1-40H. The zero-order valence-corrected chi connectivity index (χ0v) is 33.0. The molecule has 2 heteroatoms. The van der Waals surface area contributed by atoms with Crippen LogP contribution in [0.1, 0.15) is 0 Å². The fraction of sp³-hybridized carbons (Fsp3) is 0. The SMILES string of the molecule is c1ccc(-c2cccc(-c3ccc(-c4cc(-c5cccc(-c6cccc(-c7ccccc7)c6)c5)nc(-c5cccc(-c6cccc(-c7ccccc7)c6)c5)n4)cc3)c2)cc1. The lowest BCUT2D eigenvalue weighted by molar-refractivity contribution is 1.18. The minimum absolute atomic E-state index is 0.680. The summed E-state index contributed by atoms with van der Waals surface area (Å²) < 4.78 is 0. The van der Waals surface area contributed by atoms with E-state index >= 15 is 0 Å². The van der Waals surface area contributed by atoms with E-state index in [0.717, 1.165) is 55.9 Å². The Kier molecular flexibility index (Phi) is 10.0. The molecule has 0 amide bonds. The van der Waals surface area contributed by atoms with Gasteiger partial charge in [-0.05, 0) is 103 Å². The second-order valence-electron chi connectivity index (χ2n) is 15.0. The molecule has 0 unspecified atom stereocenters. The van der Waals surface area contributed by atoms with Crippen LogP contribution in [0, 0.1) is 0 Å². The summed E-state index contributed by atoms with van der Waals surface area (Å²) >= 11 is 0. The molecule has 0 fully saturated rings. The van der Waals surface area contributed by atoms with E-state index < -0.39 is 0 Å². The number of nitrogens with zero attached hydrogens (tertiary/aromatic N) is 2. The van der Waals surface area contributed by atoms with Crippen molar-refractivity contribution in [2.75, 3.05) is 0 Å². The quantitative estimate of drug-likeness (QED) is 0.146. The molecule has 10 rings (SSSR count). The van der Waals surface area contributed by atoms with Crippen molar-refractivity contribution in [3.63, 3.8) is 0 Å². The van der Waals surface area contributed by atoms with Crippen LogP contribution in [0.25, 0.3) is 101 Å². The van der Waals surface area contributed by atoms with E-state index in [1.54, 1.807) is 0 Å². The first-order valence-electron chi connectivity index (χ1n) is 20.4. The number of hydrogen-bond acceptors (Lipinski definition) is 2. The van der Waals surface area contributed by atoms with Crippen LogP contribution >= 0.6 is 0 Å². The number of hydrogen-bond donors (Lipinski definition) is 0. The van der Waals surface area contributed by atoms with E-state index in [-0.39, 0.29) is 0 Å². The lowest BCUT2D eigenvalue weighted by Gasteiger charge is -2.13. The molecule has 10 aromatic rings. The van der Waals surface area contributed by atoms with Crippen molar-refractivity contribution in [3.05, 3.63) is 243 Å². The summed E-state index contributed by atoms with van der Waals surface area (Å²) in [5.41, 5.74) is 18.8. The molecule has 0 atom stereocenters. The van der Waals surface area contributed by atoms with Crippen LogP contribution in [-0.2, 0) is 0 Å². The van der Waals surface area contributed by atoms with Gasteiger partial charge in [-0.2, -0.15) is 0 Å². The molecule has 0 aliphatic rings. The van der Waals surface area contributed by atoms with Gasteiger partial charge in [0.25, 0.3) is 0 Å². The normalized spacial score (nSPS) is 11.0. The minimum atomic E-state index is 0.680. The van der Waals surface area contributed by atoms with Gasteiger partial charge in [-0.25, -0.2) is 9.97 Å². The maximum absolute atomic E-state index is 5.29. The van der Waals surface area contributed by atoms with Crippen molar-refractivity contribution >= 4 is 0 Å². The zero-order chi connectivity index (χ0) is 40.1. The first-order valence-corrected chi connectivity index (χ1v) is 20.4. The van der Waals surface area contributed by atoms with E-state index in [0.29, 0.717) is 5.82 Å². The number of aromatic nitrogens is 2. The summed E-state index contributed by atoms with van der Waals surface area (Å²) in [6.07, 6.45) is 0. The molecule has 282 valence electrons. The van der Waals surface area contributed by atoms with Gasteiger partial charge in [0.1, 0.15) is 0 Å². The van der Waals surface area contributed by atoms with E-state index in [1.165, 1.54) is 38.9 Å². The van der Waals surface area contributed by atoms with Crippen LogP contribution in [-0.4, -0.2) is 9.97 Å². The highest BCUT2D eigenvalue weighted by atomic mass is 14.9. The van der Waals surface area contributed by atoms with E-state index in [2.05, 4.69) is 243 Å². The fourth-order valence-corrected chi connectivity index (χ4v) is 7.93. The smallest absolute Gasteiger partial charge is 0.160 e. The summed E-state index contributed by atoms with van der Waals surface area (Å²) in [7, 11) is 0. The maximum atomic E-state index is 5.29. The molecule has 0 saturated heterocycles. The molecule has 0 N–H and O–H groups in total. The maximum Gasteiger partial charge on any atom is 0.160 e. The number of benzene rings is 9. The molecule has 1 heterocycles. The third-order valence-electron chi connectivity index (χ3n) is 11.1. The highest BCUT2D eigenvalue weighted by molar-refractivity contribution is 5.81. The van der Waals surface area contributed by atoms with Crippen LogP contribution in [0.2, 0.25) is 0 Å². The van der Waals surface area contributed by atoms with E-state index in [1.807, 2.05) is 0 Å². The lowest BCUT2D eigenvalue weighted by Crippen LogP contribution is -1.96. The second-order valence-corrected chi connectivity index (χ2v) is 15.0.